The molecule has 0 amide bonds. The smallest absolute Gasteiger partial charge is 0.151 e. The van der Waals surface area contributed by atoms with Crippen molar-refractivity contribution in [1.29, 1.82) is 0 Å². The molecule has 1 rings (SSSR count). The monoisotopic (exact) mass is 258 g/mol. The molecule has 0 fully saturated rings. The van der Waals surface area contributed by atoms with Crippen LogP contribution in [-0.2, 0) is 4.74 Å². The van der Waals surface area contributed by atoms with Crippen LogP contribution >= 0.6 is 0 Å². The van der Waals surface area contributed by atoms with E-state index in [0.29, 0.717) is 18.8 Å². The van der Waals surface area contributed by atoms with Gasteiger partial charge in [0.05, 0.1) is 11.4 Å². The molecule has 0 aliphatic heterocycles. The zero-order chi connectivity index (χ0) is 13.4. The van der Waals surface area contributed by atoms with Crippen LogP contribution in [0.25, 0.3) is 0 Å². The first-order chi connectivity index (χ1) is 8.65. The van der Waals surface area contributed by atoms with Gasteiger partial charge in [-0.05, 0) is 18.9 Å². The van der Waals surface area contributed by atoms with Crippen LogP contribution in [0.4, 0.5) is 20.2 Å². The molecule has 0 aliphatic carbocycles. The standard InChI is InChI=1S/C13H20F2N2O/c1-2-3-6-18-7-4-5-17-12-9-10(14)8-11(15)13(12)16/h8-9,17H,2-7,16H2,1H3. The maximum Gasteiger partial charge on any atom is 0.151 e. The number of anilines is 2. The van der Waals surface area contributed by atoms with Gasteiger partial charge in [0.25, 0.3) is 0 Å². The molecular formula is C13H20F2N2O. The minimum atomic E-state index is -0.739. The summed E-state index contributed by atoms with van der Waals surface area (Å²) in [5.41, 5.74) is 5.74. The number of ether oxygens (including phenoxy) is 1. The Balaban J connectivity index is 2.27. The number of unbranched alkanes of at least 4 members (excludes halogenated alkanes) is 1. The molecular weight excluding hydrogens is 238 g/mol. The Kier molecular flexibility index (Phi) is 6.43. The fraction of sp³-hybridized carbons (Fsp3) is 0.538. The first-order valence-electron chi connectivity index (χ1n) is 6.21. The molecule has 0 aromatic heterocycles. The number of nitrogen functional groups attached to an aromatic ring is 1. The van der Waals surface area contributed by atoms with E-state index < -0.39 is 11.6 Å². The Morgan fingerprint density at radius 3 is 2.67 bits per heavy atom. The van der Waals surface area contributed by atoms with Crippen LogP contribution in [0, 0.1) is 11.6 Å². The van der Waals surface area contributed by atoms with Gasteiger partial charge < -0.3 is 15.8 Å². The minimum absolute atomic E-state index is 0.0525. The lowest BCUT2D eigenvalue weighted by molar-refractivity contribution is 0.131. The largest absolute Gasteiger partial charge is 0.395 e. The number of hydrogen-bond acceptors (Lipinski definition) is 3. The van der Waals surface area contributed by atoms with Gasteiger partial charge in [-0.15, -0.1) is 0 Å². The molecule has 0 heterocycles. The summed E-state index contributed by atoms with van der Waals surface area (Å²) in [4.78, 5) is 0. The molecule has 102 valence electrons. The predicted molar refractivity (Wildman–Crippen MR) is 69.6 cm³/mol. The molecule has 3 N–H and O–H groups in total. The molecule has 0 atom stereocenters. The van der Waals surface area contributed by atoms with Gasteiger partial charge in [0.15, 0.2) is 5.82 Å². The fourth-order valence-electron chi connectivity index (χ4n) is 1.48. The third-order valence-electron chi connectivity index (χ3n) is 2.52. The third-order valence-corrected chi connectivity index (χ3v) is 2.52. The van der Waals surface area contributed by atoms with Crippen LogP contribution in [-0.4, -0.2) is 19.8 Å². The lowest BCUT2D eigenvalue weighted by Crippen LogP contribution is -2.09. The lowest BCUT2D eigenvalue weighted by atomic mass is 10.2. The van der Waals surface area contributed by atoms with Gasteiger partial charge in [-0.2, -0.15) is 0 Å². The number of benzene rings is 1. The summed E-state index contributed by atoms with van der Waals surface area (Å²) in [6, 6.07) is 1.96. The molecule has 0 bridgehead atoms. The highest BCUT2D eigenvalue weighted by Gasteiger charge is 2.07. The van der Waals surface area contributed by atoms with Gasteiger partial charge in [-0.3, -0.25) is 0 Å². The summed E-state index contributed by atoms with van der Waals surface area (Å²) in [7, 11) is 0. The summed E-state index contributed by atoms with van der Waals surface area (Å²) in [6.45, 7) is 4.06. The van der Waals surface area contributed by atoms with Gasteiger partial charge in [0, 0.05) is 25.8 Å². The van der Waals surface area contributed by atoms with E-state index in [9.17, 15) is 8.78 Å². The molecule has 0 unspecified atom stereocenters. The SMILES string of the molecule is CCCCOCCCNc1cc(F)cc(F)c1N. The fourth-order valence-corrected chi connectivity index (χ4v) is 1.48. The molecule has 0 aliphatic rings. The van der Waals surface area contributed by atoms with Gasteiger partial charge in [-0.1, -0.05) is 13.3 Å². The van der Waals surface area contributed by atoms with Crippen molar-refractivity contribution in [3.63, 3.8) is 0 Å². The zero-order valence-corrected chi connectivity index (χ0v) is 10.6. The summed E-state index contributed by atoms with van der Waals surface area (Å²) < 4.78 is 31.5. The van der Waals surface area contributed by atoms with Crippen LogP contribution in [0.15, 0.2) is 12.1 Å². The van der Waals surface area contributed by atoms with Gasteiger partial charge >= 0.3 is 0 Å². The topological polar surface area (TPSA) is 47.3 Å². The quantitative estimate of drug-likeness (QED) is 0.556. The average Bonchev–Trinajstić information content (AvgIpc) is 2.33. The Morgan fingerprint density at radius 2 is 1.94 bits per heavy atom. The Morgan fingerprint density at radius 1 is 1.22 bits per heavy atom. The van der Waals surface area contributed by atoms with E-state index in [1.165, 1.54) is 6.07 Å². The molecule has 18 heavy (non-hydrogen) atoms. The summed E-state index contributed by atoms with van der Waals surface area (Å²) in [5.74, 6) is -1.37. The first kappa shape index (κ1) is 14.7. The maximum atomic E-state index is 13.1. The van der Waals surface area contributed by atoms with E-state index in [1.54, 1.807) is 0 Å². The van der Waals surface area contributed by atoms with Crippen LogP contribution in [0.2, 0.25) is 0 Å². The summed E-state index contributed by atoms with van der Waals surface area (Å²) in [5, 5.41) is 2.90. The van der Waals surface area contributed by atoms with Crippen molar-refractivity contribution in [3.8, 4) is 0 Å². The van der Waals surface area contributed by atoms with Gasteiger partial charge in [0.2, 0.25) is 0 Å². The summed E-state index contributed by atoms with van der Waals surface area (Å²) >= 11 is 0. The van der Waals surface area contributed by atoms with Crippen molar-refractivity contribution in [2.24, 2.45) is 0 Å². The number of halogens is 2. The van der Waals surface area contributed by atoms with Crippen molar-refractivity contribution < 1.29 is 13.5 Å². The van der Waals surface area contributed by atoms with Crippen molar-refractivity contribution in [1.82, 2.24) is 0 Å². The van der Waals surface area contributed by atoms with E-state index in [0.717, 1.165) is 31.9 Å². The van der Waals surface area contributed by atoms with Gasteiger partial charge in [-0.25, -0.2) is 8.78 Å². The number of hydrogen-bond donors (Lipinski definition) is 2. The minimum Gasteiger partial charge on any atom is -0.395 e. The van der Waals surface area contributed by atoms with E-state index in [1.807, 2.05) is 0 Å². The molecule has 5 heteroatoms. The van der Waals surface area contributed by atoms with Crippen molar-refractivity contribution in [2.75, 3.05) is 30.8 Å². The molecule has 1 aromatic rings. The van der Waals surface area contributed by atoms with Crippen LogP contribution in [0.3, 0.4) is 0 Å². The highest BCUT2D eigenvalue weighted by Crippen LogP contribution is 2.23. The Bertz CT molecular complexity index is 372. The van der Waals surface area contributed by atoms with E-state index in [4.69, 9.17) is 10.5 Å². The highest BCUT2D eigenvalue weighted by atomic mass is 19.1. The van der Waals surface area contributed by atoms with E-state index >= 15 is 0 Å². The lowest BCUT2D eigenvalue weighted by Gasteiger charge is -2.10. The van der Waals surface area contributed by atoms with Crippen LogP contribution in [0.1, 0.15) is 26.2 Å². The normalized spacial score (nSPS) is 10.6. The Hall–Kier alpha value is -1.36. The molecule has 0 radical (unpaired) electrons. The molecule has 0 saturated carbocycles. The second kappa shape index (κ2) is 7.87. The van der Waals surface area contributed by atoms with Gasteiger partial charge in [0.1, 0.15) is 5.82 Å². The number of nitrogens with one attached hydrogen (secondary N) is 1. The predicted octanol–water partition coefficient (Wildman–Crippen LogP) is 3.17. The number of nitrogens with two attached hydrogens (primary N) is 1. The zero-order valence-electron chi connectivity index (χ0n) is 10.6. The molecule has 1 aromatic carbocycles. The van der Waals surface area contributed by atoms with Crippen molar-refractivity contribution in [2.45, 2.75) is 26.2 Å². The number of rotatable bonds is 8. The van der Waals surface area contributed by atoms with Crippen LogP contribution in [0.5, 0.6) is 0 Å². The molecule has 3 nitrogen and oxygen atoms in total. The third kappa shape index (κ3) is 4.87. The first-order valence-corrected chi connectivity index (χ1v) is 6.21. The second-order valence-electron chi connectivity index (χ2n) is 4.10. The second-order valence-corrected chi connectivity index (χ2v) is 4.10. The highest BCUT2D eigenvalue weighted by molar-refractivity contribution is 5.66. The van der Waals surface area contributed by atoms with Crippen LogP contribution < -0.4 is 11.1 Å². The van der Waals surface area contributed by atoms with E-state index in [2.05, 4.69) is 12.2 Å². The van der Waals surface area contributed by atoms with E-state index in [-0.39, 0.29) is 5.69 Å². The maximum absolute atomic E-state index is 13.1. The summed E-state index contributed by atoms with van der Waals surface area (Å²) in [6.07, 6.45) is 2.92. The van der Waals surface area contributed by atoms with Crippen molar-refractivity contribution in [3.05, 3.63) is 23.8 Å². The molecule has 0 spiro atoms. The Labute approximate surface area is 106 Å². The molecule has 0 saturated heterocycles. The average molecular weight is 258 g/mol. The van der Waals surface area contributed by atoms with Crippen molar-refractivity contribution >= 4 is 11.4 Å².